The molecule has 0 saturated heterocycles. The minimum absolute atomic E-state index is 0.622. The van der Waals surface area contributed by atoms with Crippen LogP contribution < -0.4 is 16.6 Å². The SMILES string of the molecule is CCCN=C(NN)NC(C1CC1)C1CC1. The Morgan fingerprint density at radius 3 is 2.33 bits per heavy atom. The Bertz CT molecular complexity index is 219. The van der Waals surface area contributed by atoms with Crippen molar-refractivity contribution in [2.45, 2.75) is 45.1 Å². The smallest absolute Gasteiger partial charge is 0.205 e. The fraction of sp³-hybridized carbons (Fsp3) is 0.909. The number of guanidine groups is 1. The van der Waals surface area contributed by atoms with Gasteiger partial charge in [-0.15, -0.1) is 0 Å². The Labute approximate surface area is 91.7 Å². The third-order valence-corrected chi connectivity index (χ3v) is 3.19. The molecule has 0 aromatic carbocycles. The van der Waals surface area contributed by atoms with Crippen molar-refractivity contribution in [3.05, 3.63) is 0 Å². The number of hydrogen-bond donors (Lipinski definition) is 3. The van der Waals surface area contributed by atoms with Gasteiger partial charge < -0.3 is 5.32 Å². The number of aliphatic imine (C=N–C) groups is 1. The zero-order valence-electron chi connectivity index (χ0n) is 9.50. The molecule has 0 heterocycles. The predicted octanol–water partition coefficient (Wildman–Crippen LogP) is 0.994. The molecule has 0 aromatic rings. The molecule has 4 nitrogen and oxygen atoms in total. The van der Waals surface area contributed by atoms with Crippen LogP contribution in [-0.4, -0.2) is 18.5 Å². The zero-order valence-corrected chi connectivity index (χ0v) is 9.50. The lowest BCUT2D eigenvalue weighted by Gasteiger charge is -2.19. The van der Waals surface area contributed by atoms with Gasteiger partial charge in [0, 0.05) is 12.6 Å². The van der Waals surface area contributed by atoms with E-state index < -0.39 is 0 Å². The molecule has 0 aliphatic heterocycles. The first-order valence-electron chi connectivity index (χ1n) is 6.12. The summed E-state index contributed by atoms with van der Waals surface area (Å²) < 4.78 is 0. The van der Waals surface area contributed by atoms with Crippen LogP contribution in [-0.2, 0) is 0 Å². The van der Waals surface area contributed by atoms with E-state index in [1.54, 1.807) is 0 Å². The summed E-state index contributed by atoms with van der Waals surface area (Å²) in [5.74, 6) is 7.98. The molecule has 0 spiro atoms. The molecule has 0 unspecified atom stereocenters. The summed E-state index contributed by atoms with van der Waals surface area (Å²) in [5.41, 5.74) is 2.67. The molecule has 15 heavy (non-hydrogen) atoms. The van der Waals surface area contributed by atoms with Gasteiger partial charge in [0.2, 0.25) is 5.96 Å². The monoisotopic (exact) mass is 210 g/mol. The number of nitrogens with zero attached hydrogens (tertiary/aromatic N) is 1. The zero-order chi connectivity index (χ0) is 10.7. The van der Waals surface area contributed by atoms with Gasteiger partial charge in [0.1, 0.15) is 0 Å². The van der Waals surface area contributed by atoms with E-state index in [1.807, 2.05) is 0 Å². The van der Waals surface area contributed by atoms with Gasteiger partial charge in [0.25, 0.3) is 0 Å². The summed E-state index contributed by atoms with van der Waals surface area (Å²) in [6.07, 6.45) is 6.56. The van der Waals surface area contributed by atoms with Crippen molar-refractivity contribution in [2.24, 2.45) is 22.7 Å². The Hall–Kier alpha value is -0.770. The normalized spacial score (nSPS) is 21.9. The van der Waals surface area contributed by atoms with E-state index in [2.05, 4.69) is 22.7 Å². The molecule has 0 amide bonds. The van der Waals surface area contributed by atoms with Crippen LogP contribution in [0.3, 0.4) is 0 Å². The minimum Gasteiger partial charge on any atom is -0.352 e. The maximum absolute atomic E-state index is 5.46. The van der Waals surface area contributed by atoms with Crippen LogP contribution in [0.5, 0.6) is 0 Å². The second kappa shape index (κ2) is 4.84. The van der Waals surface area contributed by atoms with Crippen molar-refractivity contribution in [3.8, 4) is 0 Å². The fourth-order valence-electron chi connectivity index (χ4n) is 2.05. The van der Waals surface area contributed by atoms with Crippen LogP contribution in [0.4, 0.5) is 0 Å². The van der Waals surface area contributed by atoms with E-state index in [1.165, 1.54) is 25.7 Å². The van der Waals surface area contributed by atoms with Crippen molar-refractivity contribution in [1.29, 1.82) is 0 Å². The highest BCUT2D eigenvalue weighted by atomic mass is 15.3. The van der Waals surface area contributed by atoms with Crippen molar-refractivity contribution in [3.63, 3.8) is 0 Å². The van der Waals surface area contributed by atoms with E-state index >= 15 is 0 Å². The van der Waals surface area contributed by atoms with Crippen molar-refractivity contribution >= 4 is 5.96 Å². The maximum atomic E-state index is 5.46. The first-order valence-corrected chi connectivity index (χ1v) is 6.12. The summed E-state index contributed by atoms with van der Waals surface area (Å²) in [4.78, 5) is 4.39. The second-order valence-corrected chi connectivity index (χ2v) is 4.72. The summed E-state index contributed by atoms with van der Waals surface area (Å²) >= 11 is 0. The largest absolute Gasteiger partial charge is 0.352 e. The minimum atomic E-state index is 0.622. The molecule has 2 aliphatic carbocycles. The summed E-state index contributed by atoms with van der Waals surface area (Å²) in [6, 6.07) is 0.622. The van der Waals surface area contributed by atoms with E-state index in [0.717, 1.165) is 30.8 Å². The van der Waals surface area contributed by atoms with Crippen LogP contribution in [0.15, 0.2) is 4.99 Å². The highest BCUT2D eigenvalue weighted by Gasteiger charge is 2.41. The molecule has 0 radical (unpaired) electrons. The van der Waals surface area contributed by atoms with Crippen LogP contribution in [0.2, 0.25) is 0 Å². The molecule has 86 valence electrons. The molecule has 4 heteroatoms. The Morgan fingerprint density at radius 1 is 1.33 bits per heavy atom. The van der Waals surface area contributed by atoms with Gasteiger partial charge in [-0.1, -0.05) is 6.92 Å². The summed E-state index contributed by atoms with van der Waals surface area (Å²) in [6.45, 7) is 2.96. The number of hydrogen-bond acceptors (Lipinski definition) is 2. The molecule has 2 aliphatic rings. The predicted molar refractivity (Wildman–Crippen MR) is 62.3 cm³/mol. The van der Waals surface area contributed by atoms with Gasteiger partial charge in [-0.2, -0.15) is 0 Å². The van der Waals surface area contributed by atoms with Crippen molar-refractivity contribution in [1.82, 2.24) is 10.7 Å². The van der Waals surface area contributed by atoms with E-state index in [4.69, 9.17) is 5.84 Å². The van der Waals surface area contributed by atoms with Crippen LogP contribution in [0.25, 0.3) is 0 Å². The summed E-state index contributed by atoms with van der Waals surface area (Å²) in [5, 5.41) is 3.48. The standard InChI is InChI=1S/C11H22N4/c1-2-7-13-11(15-12)14-10(8-3-4-8)9-5-6-9/h8-10H,2-7,12H2,1H3,(H2,13,14,15). The van der Waals surface area contributed by atoms with Crippen LogP contribution >= 0.6 is 0 Å². The van der Waals surface area contributed by atoms with E-state index in [0.29, 0.717) is 6.04 Å². The first-order chi connectivity index (χ1) is 7.35. The Balaban J connectivity index is 1.85. The molecular weight excluding hydrogens is 188 g/mol. The molecule has 2 saturated carbocycles. The second-order valence-electron chi connectivity index (χ2n) is 4.72. The average Bonchev–Trinajstić information content (AvgIpc) is 3.11. The van der Waals surface area contributed by atoms with Gasteiger partial charge in [0.15, 0.2) is 0 Å². The Morgan fingerprint density at radius 2 is 1.93 bits per heavy atom. The molecule has 2 fully saturated rings. The molecule has 2 rings (SSSR count). The highest BCUT2D eigenvalue weighted by Crippen LogP contribution is 2.44. The molecular formula is C11H22N4. The van der Waals surface area contributed by atoms with Gasteiger partial charge in [-0.25, -0.2) is 5.84 Å². The molecule has 0 atom stereocenters. The number of hydrazine groups is 1. The maximum Gasteiger partial charge on any atom is 0.205 e. The quantitative estimate of drug-likeness (QED) is 0.274. The molecule has 4 N–H and O–H groups in total. The summed E-state index contributed by atoms with van der Waals surface area (Å²) in [7, 11) is 0. The van der Waals surface area contributed by atoms with Crippen LogP contribution in [0.1, 0.15) is 39.0 Å². The lowest BCUT2D eigenvalue weighted by atomic mass is 10.1. The average molecular weight is 210 g/mol. The third-order valence-electron chi connectivity index (χ3n) is 3.19. The van der Waals surface area contributed by atoms with E-state index in [-0.39, 0.29) is 0 Å². The number of nitrogens with two attached hydrogens (primary N) is 1. The first kappa shape index (κ1) is 10.7. The molecule has 0 aromatic heterocycles. The van der Waals surface area contributed by atoms with Gasteiger partial charge in [0.05, 0.1) is 0 Å². The number of rotatable bonds is 5. The number of nitrogens with one attached hydrogen (secondary N) is 2. The lowest BCUT2D eigenvalue weighted by molar-refractivity contribution is 0.475. The third kappa shape index (κ3) is 3.09. The van der Waals surface area contributed by atoms with Gasteiger partial charge in [-0.3, -0.25) is 10.4 Å². The fourth-order valence-corrected chi connectivity index (χ4v) is 2.05. The van der Waals surface area contributed by atoms with Gasteiger partial charge in [-0.05, 0) is 43.9 Å². The highest BCUT2D eigenvalue weighted by molar-refractivity contribution is 5.79. The molecule has 0 bridgehead atoms. The van der Waals surface area contributed by atoms with Crippen molar-refractivity contribution < 1.29 is 0 Å². The van der Waals surface area contributed by atoms with E-state index in [9.17, 15) is 0 Å². The Kier molecular flexibility index (Phi) is 3.46. The van der Waals surface area contributed by atoms with Gasteiger partial charge >= 0.3 is 0 Å². The van der Waals surface area contributed by atoms with Crippen molar-refractivity contribution in [2.75, 3.05) is 6.54 Å². The topological polar surface area (TPSA) is 62.4 Å². The lowest BCUT2D eigenvalue weighted by Crippen LogP contribution is -2.48. The van der Waals surface area contributed by atoms with Crippen LogP contribution in [0, 0.1) is 11.8 Å².